The minimum absolute atomic E-state index is 0.0133. The Morgan fingerprint density at radius 3 is 2.90 bits per heavy atom. The number of benzene rings is 1. The van der Waals surface area contributed by atoms with E-state index >= 15 is 0 Å². The van der Waals surface area contributed by atoms with Gasteiger partial charge in [0.25, 0.3) is 5.91 Å². The maximum absolute atomic E-state index is 12.1. The number of nitrogen functional groups attached to an aromatic ring is 1. The first kappa shape index (κ1) is 14.0. The quantitative estimate of drug-likeness (QED) is 0.835. The third-order valence-electron chi connectivity index (χ3n) is 3.78. The molecule has 3 rings (SSSR count). The Morgan fingerprint density at radius 1 is 1.29 bits per heavy atom. The molecule has 0 spiro atoms. The zero-order chi connectivity index (χ0) is 14.7. The largest absolute Gasteiger partial charge is 0.491 e. The molecule has 0 unspecified atom stereocenters. The van der Waals surface area contributed by atoms with Crippen LogP contribution in [0.2, 0.25) is 0 Å². The normalized spacial score (nSPS) is 17.8. The molecule has 1 aromatic carbocycles. The van der Waals surface area contributed by atoms with Crippen molar-refractivity contribution in [1.82, 2.24) is 4.90 Å². The van der Waals surface area contributed by atoms with Gasteiger partial charge >= 0.3 is 0 Å². The summed E-state index contributed by atoms with van der Waals surface area (Å²) in [4.78, 5) is 13.9. The smallest absolute Gasteiger partial charge is 0.260 e. The molecule has 0 radical (unpaired) electrons. The molecule has 0 aromatic heterocycles. The molecular weight excluding hydrogens is 272 g/mol. The Balaban J connectivity index is 1.66. The molecule has 1 fully saturated rings. The third kappa shape index (κ3) is 3.05. The molecular formula is C15H20N2O4. The standard InChI is InChI=1S/C15H20N2O4/c16-12-3-4-13(11-2-1-7-20-15(11)12)21-10-14(18)17-5-8-19-9-6-17/h3-4H,1-2,5-10,16H2. The summed E-state index contributed by atoms with van der Waals surface area (Å²) in [6.45, 7) is 3.16. The average molecular weight is 292 g/mol. The van der Waals surface area contributed by atoms with E-state index in [2.05, 4.69) is 0 Å². The second-order valence-electron chi connectivity index (χ2n) is 5.19. The van der Waals surface area contributed by atoms with Gasteiger partial charge in [-0.05, 0) is 25.0 Å². The van der Waals surface area contributed by atoms with Crippen LogP contribution in [0.3, 0.4) is 0 Å². The van der Waals surface area contributed by atoms with Crippen molar-refractivity contribution >= 4 is 11.6 Å². The number of carbonyl (C=O) groups is 1. The molecule has 2 aliphatic heterocycles. The van der Waals surface area contributed by atoms with Gasteiger partial charge in [0.05, 0.1) is 25.5 Å². The highest BCUT2D eigenvalue weighted by molar-refractivity contribution is 5.78. The molecule has 2 aliphatic rings. The summed E-state index contributed by atoms with van der Waals surface area (Å²) in [6.07, 6.45) is 1.80. The maximum atomic E-state index is 12.1. The lowest BCUT2D eigenvalue weighted by Crippen LogP contribution is -2.43. The van der Waals surface area contributed by atoms with Crippen molar-refractivity contribution in [3.63, 3.8) is 0 Å². The van der Waals surface area contributed by atoms with Crippen molar-refractivity contribution in [2.24, 2.45) is 0 Å². The molecule has 2 N–H and O–H groups in total. The van der Waals surface area contributed by atoms with Gasteiger partial charge in [-0.2, -0.15) is 0 Å². The van der Waals surface area contributed by atoms with Gasteiger partial charge in [0, 0.05) is 18.7 Å². The van der Waals surface area contributed by atoms with Crippen LogP contribution >= 0.6 is 0 Å². The number of nitrogens with two attached hydrogens (primary N) is 1. The summed E-state index contributed by atoms with van der Waals surface area (Å²) >= 11 is 0. The van der Waals surface area contributed by atoms with Gasteiger partial charge in [0.15, 0.2) is 6.61 Å². The summed E-state index contributed by atoms with van der Waals surface area (Å²) in [7, 11) is 0. The summed E-state index contributed by atoms with van der Waals surface area (Å²) in [5.74, 6) is 1.39. The summed E-state index contributed by atoms with van der Waals surface area (Å²) in [5.41, 5.74) is 7.50. The van der Waals surface area contributed by atoms with Crippen LogP contribution < -0.4 is 15.2 Å². The molecule has 6 nitrogen and oxygen atoms in total. The van der Waals surface area contributed by atoms with Gasteiger partial charge in [-0.25, -0.2) is 0 Å². The Hall–Kier alpha value is -1.95. The van der Waals surface area contributed by atoms with Crippen LogP contribution in [0.15, 0.2) is 12.1 Å². The topological polar surface area (TPSA) is 74.0 Å². The van der Waals surface area contributed by atoms with Crippen molar-refractivity contribution in [1.29, 1.82) is 0 Å². The first-order valence-corrected chi connectivity index (χ1v) is 7.28. The van der Waals surface area contributed by atoms with Crippen molar-refractivity contribution in [3.05, 3.63) is 17.7 Å². The Kier molecular flexibility index (Phi) is 4.15. The molecule has 0 aliphatic carbocycles. The lowest BCUT2D eigenvalue weighted by atomic mass is 10.0. The van der Waals surface area contributed by atoms with E-state index in [1.165, 1.54) is 0 Å². The molecule has 0 saturated carbocycles. The van der Waals surface area contributed by atoms with Crippen LogP contribution in [0.5, 0.6) is 11.5 Å². The zero-order valence-electron chi connectivity index (χ0n) is 12.0. The average Bonchev–Trinajstić information content (AvgIpc) is 2.55. The van der Waals surface area contributed by atoms with Gasteiger partial charge in [0.1, 0.15) is 11.5 Å². The summed E-state index contributed by atoms with van der Waals surface area (Å²) < 4.78 is 16.5. The fourth-order valence-electron chi connectivity index (χ4n) is 2.64. The van der Waals surface area contributed by atoms with Crippen molar-refractivity contribution in [2.75, 3.05) is 45.3 Å². The van der Waals surface area contributed by atoms with Crippen LogP contribution in [-0.2, 0) is 16.0 Å². The number of hydrogen-bond acceptors (Lipinski definition) is 5. The number of anilines is 1. The van der Waals surface area contributed by atoms with Crippen LogP contribution in [0, 0.1) is 0 Å². The van der Waals surface area contributed by atoms with E-state index in [9.17, 15) is 4.79 Å². The number of hydrogen-bond donors (Lipinski definition) is 1. The van der Waals surface area contributed by atoms with Gasteiger partial charge in [-0.3, -0.25) is 4.79 Å². The first-order chi connectivity index (χ1) is 10.3. The van der Waals surface area contributed by atoms with Gasteiger partial charge in [0.2, 0.25) is 0 Å². The molecule has 114 valence electrons. The molecule has 21 heavy (non-hydrogen) atoms. The molecule has 1 amide bonds. The zero-order valence-corrected chi connectivity index (χ0v) is 12.0. The molecule has 6 heteroatoms. The number of rotatable bonds is 3. The van der Waals surface area contributed by atoms with E-state index in [4.69, 9.17) is 19.9 Å². The van der Waals surface area contributed by atoms with E-state index in [1.807, 2.05) is 6.07 Å². The third-order valence-corrected chi connectivity index (χ3v) is 3.78. The molecule has 1 saturated heterocycles. The number of amides is 1. The van der Waals surface area contributed by atoms with E-state index in [1.54, 1.807) is 11.0 Å². The number of nitrogens with zero attached hydrogens (tertiary/aromatic N) is 1. The highest BCUT2D eigenvalue weighted by Gasteiger charge is 2.21. The number of carbonyl (C=O) groups excluding carboxylic acids is 1. The number of ether oxygens (including phenoxy) is 3. The van der Waals surface area contributed by atoms with Crippen molar-refractivity contribution in [3.8, 4) is 11.5 Å². The van der Waals surface area contributed by atoms with E-state index in [0.717, 1.165) is 18.4 Å². The number of morpholine rings is 1. The highest BCUT2D eigenvalue weighted by atomic mass is 16.5. The van der Waals surface area contributed by atoms with Crippen LogP contribution in [0.25, 0.3) is 0 Å². The van der Waals surface area contributed by atoms with Gasteiger partial charge in [-0.15, -0.1) is 0 Å². The molecule has 0 bridgehead atoms. The molecule has 2 heterocycles. The SMILES string of the molecule is Nc1ccc(OCC(=O)N2CCOCC2)c2c1OCCC2. The lowest BCUT2D eigenvalue weighted by molar-refractivity contribution is -0.137. The van der Waals surface area contributed by atoms with Crippen molar-refractivity contribution in [2.45, 2.75) is 12.8 Å². The molecule has 0 atom stereocenters. The Morgan fingerprint density at radius 2 is 2.10 bits per heavy atom. The Bertz CT molecular complexity index is 527. The van der Waals surface area contributed by atoms with E-state index < -0.39 is 0 Å². The fourth-order valence-corrected chi connectivity index (χ4v) is 2.64. The number of fused-ring (bicyclic) bond motifs is 1. The predicted octanol–water partition coefficient (Wildman–Crippen LogP) is 0.831. The van der Waals surface area contributed by atoms with E-state index in [0.29, 0.717) is 50.1 Å². The minimum atomic E-state index is -0.0133. The van der Waals surface area contributed by atoms with Crippen LogP contribution in [-0.4, -0.2) is 50.3 Å². The monoisotopic (exact) mass is 292 g/mol. The van der Waals surface area contributed by atoms with Crippen molar-refractivity contribution < 1.29 is 19.0 Å². The van der Waals surface area contributed by atoms with Crippen LogP contribution in [0.4, 0.5) is 5.69 Å². The Labute approximate surface area is 123 Å². The maximum Gasteiger partial charge on any atom is 0.260 e. The second-order valence-corrected chi connectivity index (χ2v) is 5.19. The van der Waals surface area contributed by atoms with E-state index in [-0.39, 0.29) is 12.5 Å². The second kappa shape index (κ2) is 6.22. The first-order valence-electron chi connectivity index (χ1n) is 7.28. The molecule has 1 aromatic rings. The summed E-state index contributed by atoms with van der Waals surface area (Å²) in [6, 6.07) is 3.58. The lowest BCUT2D eigenvalue weighted by Gasteiger charge is -2.27. The minimum Gasteiger partial charge on any atom is -0.491 e. The summed E-state index contributed by atoms with van der Waals surface area (Å²) in [5, 5.41) is 0. The van der Waals surface area contributed by atoms with Gasteiger partial charge < -0.3 is 24.8 Å². The highest BCUT2D eigenvalue weighted by Crippen LogP contribution is 2.37. The fraction of sp³-hybridized carbons (Fsp3) is 0.533. The van der Waals surface area contributed by atoms with Crippen LogP contribution in [0.1, 0.15) is 12.0 Å². The van der Waals surface area contributed by atoms with Gasteiger partial charge in [-0.1, -0.05) is 0 Å². The predicted molar refractivity (Wildman–Crippen MR) is 77.6 cm³/mol.